The van der Waals surface area contributed by atoms with Gasteiger partial charge in [-0.25, -0.2) is 79.1 Å². The van der Waals surface area contributed by atoms with Crippen LogP contribution < -0.4 is 75.6 Å². The van der Waals surface area contributed by atoms with Gasteiger partial charge in [0.05, 0.1) is 58.2 Å². The van der Waals surface area contributed by atoms with E-state index in [1.807, 2.05) is 68.2 Å². The van der Waals surface area contributed by atoms with E-state index < -0.39 is 80.4 Å². The van der Waals surface area contributed by atoms with Gasteiger partial charge in [-0.1, -0.05) is 92.9 Å². The van der Waals surface area contributed by atoms with Crippen molar-refractivity contribution >= 4 is 110 Å². The molecule has 0 spiro atoms. The molecule has 4 amide bonds. The van der Waals surface area contributed by atoms with E-state index in [9.17, 15) is 62.3 Å². The van der Waals surface area contributed by atoms with Crippen molar-refractivity contribution in [3.05, 3.63) is 210 Å². The van der Waals surface area contributed by atoms with E-state index in [1.165, 1.54) is 104 Å². The summed E-state index contributed by atoms with van der Waals surface area (Å²) in [5.41, 5.74) is 26.1. The highest BCUT2D eigenvalue weighted by molar-refractivity contribution is 7.91. The van der Waals surface area contributed by atoms with Crippen LogP contribution in [0.25, 0.3) is 28.2 Å². The average Bonchev–Trinajstić information content (AvgIpc) is 1.58. The molecule has 5 fully saturated rings. The number of aromatic hydroxyl groups is 1. The SMILES string of the molecule is CC(C)COc1ccn(-c2ccc(C(=O)NS(=O)(=O)c3cccnc3N)c(N3[C@H](C)CC[C@@H]3C)c2)n1.CC(Oc1nc(N2C[C@@H](C)CC2(C)C)c(C(=O)NS(=O)(=O)c2cccc(N)n2)cc1F)C1CCCCC1.CCC1(C)CC(C)CN1c1nc(-c2cc(F)cc(OCC(C)C)c2)ccc1C(=O)NS(=O)(=O)c1cccc(N)n1.Cc1ccc(-c2ccc(C(=O)NS(=O)(=O)c3cccnc3N)c(N3C[C@@H](C)CC3(C)C)n2)c(O)c1. The number of hydrogen-bond donors (Lipinski definition) is 9. The van der Waals surface area contributed by atoms with Gasteiger partial charge in [-0.05, 0) is 276 Å². The lowest BCUT2D eigenvalue weighted by Gasteiger charge is -2.36. The Kier molecular flexibility index (Phi) is 34.4. The summed E-state index contributed by atoms with van der Waals surface area (Å²) < 4.78 is 161. The summed E-state index contributed by atoms with van der Waals surface area (Å²) in [5.74, 6) is -1.56. The standard InChI is InChI=1S/C29H36FN5O4S.C26H36FN5O4S.C25H32N6O4S.C25H29N5O4S/c1-6-29(5)15-19(4)16-35(29)27-23(28(36)34-40(37,38)26-9-7-8-25(31)33-26)10-11-24(32-27)20-12-21(30)14-22(13-20)39-17-18(2)3;1-16-14-26(3,4)32(15-16)23-19(24(33)31-37(34,35)22-12-8-11-21(28)29-22)13-20(27)25(30-23)36-17(2)18-9-6-5-7-10-18;1-16(2)15-35-23-11-13-30(28-23)19-9-10-20(21(14-19)31-17(3)7-8-18(31)4)25(32)29-36(33,34)22-6-5-12-27-24(22)26;1-15-7-8-17(20(31)12-15)19-10-9-18(23(28-19)30-14-16(2)13-25(30,3)4)24(32)29-35(33,34)21-6-5-11-27-22(21)26/h7-14,18-19H,6,15-17H2,1-5H3,(H2,31,33)(H,34,36);8,11-13,16-18H,5-7,9-10,14-15H2,1-4H3,(H2,28,29)(H,31,33);5-6,9-14,16-18H,7-8,15H2,1-4H3,(H2,26,27)(H,29,32);5-12,16,31H,13-14H2,1-4H3,(H2,26,27)(H,29,32)/t;16-,17?;17-,18+;16-/m.0.0/s1. The number of carbonyl (C=O) groups excluding carboxylic acids is 4. The molecule has 148 heavy (non-hydrogen) atoms. The number of rotatable bonds is 29. The molecule has 37 nitrogen and oxygen atoms in total. The molecular weight excluding hydrogens is 1980 g/mol. The van der Waals surface area contributed by atoms with Crippen LogP contribution >= 0.6 is 0 Å². The zero-order valence-electron chi connectivity index (χ0n) is 86.3. The number of amides is 4. The van der Waals surface area contributed by atoms with Crippen molar-refractivity contribution < 1.29 is 80.9 Å². The van der Waals surface area contributed by atoms with Crippen molar-refractivity contribution in [3.63, 3.8) is 0 Å². The van der Waals surface area contributed by atoms with E-state index in [2.05, 4.69) is 130 Å². The maximum Gasteiger partial charge on any atom is 0.281 e. The molecule has 11 aromatic rings. The summed E-state index contributed by atoms with van der Waals surface area (Å²) in [5, 5.41) is 14.2. The molecule has 0 radical (unpaired) electrons. The highest BCUT2D eigenvalue weighted by Crippen LogP contribution is 2.46. The number of hydrogen-bond acceptors (Lipinski definition) is 32. The first-order chi connectivity index (χ1) is 69.6. The maximum absolute atomic E-state index is 15.3. The molecule has 16 rings (SSSR count). The van der Waals surface area contributed by atoms with Gasteiger partial charge in [0.2, 0.25) is 5.88 Å². The lowest BCUT2D eigenvalue weighted by atomic mass is 9.86. The van der Waals surface area contributed by atoms with E-state index in [0.29, 0.717) is 114 Å². The number of aryl methyl sites for hydroxylation is 1. The van der Waals surface area contributed by atoms with Crippen molar-refractivity contribution in [1.29, 1.82) is 0 Å². The Labute approximate surface area is 864 Å². The van der Waals surface area contributed by atoms with E-state index in [0.717, 1.165) is 81.5 Å². The van der Waals surface area contributed by atoms with Crippen LogP contribution in [0.15, 0.2) is 190 Å². The second kappa shape index (κ2) is 45.8. The third kappa shape index (κ3) is 26.6. The summed E-state index contributed by atoms with van der Waals surface area (Å²) in [7, 11) is -17.1. The van der Waals surface area contributed by atoms with Gasteiger partial charge in [0.15, 0.2) is 15.9 Å². The van der Waals surface area contributed by atoms with Crippen molar-refractivity contribution in [3.8, 4) is 51.5 Å². The molecule has 3 aromatic carbocycles. The Hall–Kier alpha value is -13.9. The van der Waals surface area contributed by atoms with Crippen molar-refractivity contribution in [2.45, 2.75) is 243 Å². The fourth-order valence-corrected chi connectivity index (χ4v) is 23.6. The number of aromatic nitrogens is 9. The largest absolute Gasteiger partial charge is 0.507 e. The zero-order valence-corrected chi connectivity index (χ0v) is 89.5. The molecular formula is C105H133F2N21O16S4. The number of halogens is 2. The van der Waals surface area contributed by atoms with Crippen molar-refractivity contribution in [2.24, 2.45) is 35.5 Å². The van der Waals surface area contributed by atoms with E-state index >= 15 is 4.39 Å². The number of nitrogen functional groups attached to an aromatic ring is 4. The number of nitrogens with zero attached hydrogens (tertiary/aromatic N) is 13. The fraction of sp³-hybridized carbons (Fsp3) is 0.429. The monoisotopic (exact) mass is 2110 g/mol. The smallest absolute Gasteiger partial charge is 0.281 e. The Bertz CT molecular complexity index is 7210. The minimum absolute atomic E-state index is 0.00915. The van der Waals surface area contributed by atoms with Gasteiger partial charge in [-0.15, -0.1) is 5.10 Å². The van der Waals surface area contributed by atoms with Crippen LogP contribution in [0.1, 0.15) is 228 Å². The van der Waals surface area contributed by atoms with Crippen LogP contribution in [0.4, 0.5) is 55.2 Å². The first-order valence-electron chi connectivity index (χ1n) is 49.4. The van der Waals surface area contributed by atoms with Crippen LogP contribution in [0.5, 0.6) is 23.3 Å². The van der Waals surface area contributed by atoms with E-state index in [1.54, 1.807) is 59.4 Å². The first-order valence-corrected chi connectivity index (χ1v) is 55.3. The quantitative estimate of drug-likeness (QED) is 0.0210. The predicted octanol–water partition coefficient (Wildman–Crippen LogP) is 16.2. The van der Waals surface area contributed by atoms with Gasteiger partial charge in [-0.3, -0.25) is 19.2 Å². The van der Waals surface area contributed by atoms with Crippen LogP contribution in [0.3, 0.4) is 0 Å². The van der Waals surface area contributed by atoms with Crippen LogP contribution in [-0.4, -0.2) is 175 Å². The molecule has 3 unspecified atom stereocenters. The Balaban J connectivity index is 0.000000165. The molecule has 4 saturated heterocycles. The number of sulfonamides is 4. The molecule has 792 valence electrons. The van der Waals surface area contributed by atoms with Gasteiger partial charge in [0.25, 0.3) is 69.6 Å². The van der Waals surface area contributed by atoms with Gasteiger partial charge < -0.3 is 61.9 Å². The highest BCUT2D eigenvalue weighted by Gasteiger charge is 2.45. The molecule has 43 heteroatoms. The molecule has 7 atom stereocenters. The van der Waals surface area contributed by atoms with Crippen molar-refractivity contribution in [1.82, 2.24) is 63.6 Å². The maximum atomic E-state index is 15.3. The number of benzene rings is 3. The Morgan fingerprint density at radius 3 is 1.51 bits per heavy atom. The average molecular weight is 2110 g/mol. The Morgan fingerprint density at radius 2 is 0.993 bits per heavy atom. The summed E-state index contributed by atoms with van der Waals surface area (Å²) >= 11 is 0. The number of phenols is 1. The highest BCUT2D eigenvalue weighted by atomic mass is 32.2. The topological polar surface area (TPSA) is 526 Å². The molecule has 12 heterocycles. The zero-order chi connectivity index (χ0) is 108. The number of ether oxygens (including phenoxy) is 3. The summed E-state index contributed by atoms with van der Waals surface area (Å²) in [4.78, 5) is 90.4. The van der Waals surface area contributed by atoms with Crippen LogP contribution in [0, 0.1) is 54.1 Å². The van der Waals surface area contributed by atoms with Crippen LogP contribution in [-0.2, 0) is 40.1 Å². The van der Waals surface area contributed by atoms with Crippen LogP contribution in [0.2, 0.25) is 0 Å². The lowest BCUT2D eigenvalue weighted by molar-refractivity contribution is 0.0970. The number of anilines is 8. The second-order valence-electron chi connectivity index (χ2n) is 41.1. The summed E-state index contributed by atoms with van der Waals surface area (Å²) in [6, 6.07) is 38.0. The van der Waals surface area contributed by atoms with Gasteiger partial charge >= 0.3 is 0 Å². The van der Waals surface area contributed by atoms with Gasteiger partial charge in [0, 0.05) is 90.2 Å². The molecule has 1 saturated carbocycles. The molecule has 0 bridgehead atoms. The molecule has 5 aliphatic rings. The minimum Gasteiger partial charge on any atom is -0.507 e. The molecule has 1 aliphatic carbocycles. The molecule has 8 aromatic heterocycles. The number of nitrogens with one attached hydrogen (secondary N) is 4. The van der Waals surface area contributed by atoms with Gasteiger partial charge in [-0.2, -0.15) is 21.8 Å². The predicted molar refractivity (Wildman–Crippen MR) is 565 cm³/mol. The normalized spacial score (nSPS) is 18.9. The second-order valence-corrected chi connectivity index (χ2v) is 47.7. The van der Waals surface area contributed by atoms with E-state index in [4.69, 9.17) is 47.1 Å². The van der Waals surface area contributed by atoms with E-state index in [-0.39, 0.29) is 119 Å². The van der Waals surface area contributed by atoms with Crippen molar-refractivity contribution in [2.75, 3.05) is 75.4 Å². The number of nitrogens with two attached hydrogens (primary N) is 4. The first kappa shape index (κ1) is 111. The fourth-order valence-electron chi connectivity index (χ4n) is 19.6. The third-order valence-corrected chi connectivity index (χ3v) is 32.0. The number of phenolic OH excluding ortho intramolecular Hbond substituents is 1. The lowest BCUT2D eigenvalue weighted by Crippen LogP contribution is -2.43. The Morgan fingerprint density at radius 1 is 0.507 bits per heavy atom. The molecule has 13 N–H and O–H groups in total. The van der Waals surface area contributed by atoms with Gasteiger partial charge in [0.1, 0.15) is 73.9 Å². The number of pyridine rings is 7. The summed E-state index contributed by atoms with van der Waals surface area (Å²) in [6.45, 7) is 37.6. The third-order valence-electron chi connectivity index (χ3n) is 26.8. The minimum atomic E-state index is -4.36. The number of carbonyl (C=O) groups is 4. The summed E-state index contributed by atoms with van der Waals surface area (Å²) in [6.07, 6.45) is 15.1. The molecule has 4 aliphatic heterocycles.